The van der Waals surface area contributed by atoms with Crippen molar-refractivity contribution >= 4 is 55.2 Å². The van der Waals surface area contributed by atoms with Crippen molar-refractivity contribution < 1.29 is 9.53 Å². The number of carbonyl (C=O) groups excluding carboxylic acids is 1. The molecule has 1 amide bonds. The van der Waals surface area contributed by atoms with Gasteiger partial charge >= 0.3 is 0 Å². The molecule has 0 N–H and O–H groups in total. The van der Waals surface area contributed by atoms with Crippen molar-refractivity contribution in [2.45, 2.75) is 19.8 Å². The van der Waals surface area contributed by atoms with Crippen LogP contribution in [0.25, 0.3) is 10.2 Å². The summed E-state index contributed by atoms with van der Waals surface area (Å²) in [5, 5.41) is 0.789. The van der Waals surface area contributed by atoms with Crippen molar-refractivity contribution in [1.82, 2.24) is 9.88 Å². The summed E-state index contributed by atoms with van der Waals surface area (Å²) in [6.07, 6.45) is 1.84. The van der Waals surface area contributed by atoms with Crippen molar-refractivity contribution in [1.29, 1.82) is 0 Å². The third-order valence-electron chi connectivity index (χ3n) is 5.41. The molecule has 1 saturated heterocycles. The van der Waals surface area contributed by atoms with Crippen molar-refractivity contribution in [3.05, 3.63) is 57.2 Å². The van der Waals surface area contributed by atoms with Crippen LogP contribution in [0.1, 0.15) is 29.3 Å². The van der Waals surface area contributed by atoms with Gasteiger partial charge in [0.05, 0.1) is 29.0 Å². The van der Waals surface area contributed by atoms with Gasteiger partial charge in [-0.15, -0.1) is 0 Å². The number of rotatable bonds is 7. The van der Waals surface area contributed by atoms with Gasteiger partial charge in [-0.05, 0) is 59.2 Å². The molecule has 0 aliphatic carbocycles. The summed E-state index contributed by atoms with van der Waals surface area (Å²) in [6, 6.07) is 14.1. The van der Waals surface area contributed by atoms with Crippen molar-refractivity contribution in [2.75, 3.05) is 44.3 Å². The number of benzene rings is 2. The predicted octanol–water partition coefficient (Wildman–Crippen LogP) is 4.83. The molecule has 2 aromatic carbocycles. The van der Waals surface area contributed by atoms with E-state index < -0.39 is 0 Å². The number of amides is 1. The van der Waals surface area contributed by atoms with Gasteiger partial charge in [-0.3, -0.25) is 14.6 Å². The number of thiazole rings is 1. The Hall–Kier alpha value is -1.55. The Morgan fingerprint density at radius 3 is 2.77 bits per heavy atom. The second kappa shape index (κ2) is 10.2. The SMILES string of the molecule is CCc1cccc2sc(N(CCCN3CCOCC3)C(=O)c3ccccc3I)nc12. The number of hydrogen-bond donors (Lipinski definition) is 0. The van der Waals surface area contributed by atoms with E-state index in [-0.39, 0.29) is 5.91 Å². The van der Waals surface area contributed by atoms with Crippen molar-refractivity contribution in [3.63, 3.8) is 0 Å². The van der Waals surface area contributed by atoms with E-state index in [2.05, 4.69) is 52.6 Å². The average Bonchev–Trinajstić information content (AvgIpc) is 3.21. The number of aromatic nitrogens is 1. The van der Waals surface area contributed by atoms with Gasteiger partial charge in [-0.1, -0.05) is 42.5 Å². The Morgan fingerprint density at radius 2 is 2.00 bits per heavy atom. The van der Waals surface area contributed by atoms with Gasteiger partial charge in [0.25, 0.3) is 5.91 Å². The molecule has 0 unspecified atom stereocenters. The average molecular weight is 535 g/mol. The fourth-order valence-corrected chi connectivity index (χ4v) is 5.39. The summed E-state index contributed by atoms with van der Waals surface area (Å²) >= 11 is 3.85. The van der Waals surface area contributed by atoms with E-state index in [0.29, 0.717) is 6.54 Å². The van der Waals surface area contributed by atoms with Crippen LogP contribution in [0.3, 0.4) is 0 Å². The molecule has 0 bridgehead atoms. The first-order valence-corrected chi connectivity index (χ1v) is 12.3. The molecule has 1 fully saturated rings. The Bertz CT molecular complexity index is 1020. The van der Waals surface area contributed by atoms with E-state index in [9.17, 15) is 4.79 Å². The van der Waals surface area contributed by atoms with Crippen LogP contribution in [-0.4, -0.2) is 55.2 Å². The fraction of sp³-hybridized carbons (Fsp3) is 0.391. The maximum atomic E-state index is 13.5. The first kappa shape index (κ1) is 21.7. The molecule has 5 nitrogen and oxygen atoms in total. The first-order valence-electron chi connectivity index (χ1n) is 10.4. The Morgan fingerprint density at radius 1 is 1.20 bits per heavy atom. The second-order valence-electron chi connectivity index (χ2n) is 7.36. The van der Waals surface area contributed by atoms with E-state index in [1.807, 2.05) is 29.2 Å². The van der Waals surface area contributed by atoms with Gasteiger partial charge in [-0.25, -0.2) is 4.98 Å². The van der Waals surface area contributed by atoms with Crippen LogP contribution >= 0.6 is 33.9 Å². The zero-order valence-corrected chi connectivity index (χ0v) is 20.1. The molecular weight excluding hydrogens is 509 g/mol. The first-order chi connectivity index (χ1) is 14.7. The molecule has 4 rings (SSSR count). The molecule has 158 valence electrons. The summed E-state index contributed by atoms with van der Waals surface area (Å²) in [6.45, 7) is 7.28. The smallest absolute Gasteiger partial charge is 0.261 e. The molecular formula is C23H26IN3O2S. The Labute approximate surface area is 195 Å². The number of halogens is 1. The summed E-state index contributed by atoms with van der Waals surface area (Å²) in [5.74, 6) is 0.0269. The van der Waals surface area contributed by atoms with Gasteiger partial charge in [0.15, 0.2) is 5.13 Å². The maximum Gasteiger partial charge on any atom is 0.261 e. The molecule has 3 aromatic rings. The molecule has 2 heterocycles. The molecule has 1 aromatic heterocycles. The van der Waals surface area contributed by atoms with Gasteiger partial charge in [-0.2, -0.15) is 0 Å². The highest BCUT2D eigenvalue weighted by Crippen LogP contribution is 2.32. The Balaban J connectivity index is 1.61. The zero-order chi connectivity index (χ0) is 20.9. The van der Waals surface area contributed by atoms with Crippen LogP contribution < -0.4 is 4.90 Å². The van der Waals surface area contributed by atoms with Gasteiger partial charge in [0, 0.05) is 29.7 Å². The number of morpholine rings is 1. The monoisotopic (exact) mass is 535 g/mol. The third-order valence-corrected chi connectivity index (χ3v) is 7.40. The van der Waals surface area contributed by atoms with E-state index in [4.69, 9.17) is 9.72 Å². The highest BCUT2D eigenvalue weighted by molar-refractivity contribution is 14.1. The van der Waals surface area contributed by atoms with E-state index in [1.165, 1.54) is 5.56 Å². The lowest BCUT2D eigenvalue weighted by Crippen LogP contribution is -2.39. The standard InChI is InChI=1S/C23H26IN3O2S/c1-2-17-7-5-10-20-21(17)25-23(30-20)27(12-6-11-26-13-15-29-16-14-26)22(28)18-8-3-4-9-19(18)24/h3-5,7-10H,2,6,11-16H2,1H3. The maximum absolute atomic E-state index is 13.5. The van der Waals surface area contributed by atoms with Gasteiger partial charge < -0.3 is 4.74 Å². The summed E-state index contributed by atoms with van der Waals surface area (Å²) in [4.78, 5) is 22.7. The highest BCUT2D eigenvalue weighted by Gasteiger charge is 2.23. The number of nitrogens with zero attached hydrogens (tertiary/aromatic N) is 3. The molecule has 0 atom stereocenters. The van der Waals surface area contributed by atoms with E-state index in [1.54, 1.807) is 11.3 Å². The number of carbonyl (C=O) groups is 1. The van der Waals surface area contributed by atoms with Crippen LogP contribution in [-0.2, 0) is 11.2 Å². The van der Waals surface area contributed by atoms with Crippen LogP contribution in [0.15, 0.2) is 42.5 Å². The number of ether oxygens (including phenoxy) is 1. The zero-order valence-electron chi connectivity index (χ0n) is 17.1. The summed E-state index contributed by atoms with van der Waals surface area (Å²) in [7, 11) is 0. The molecule has 30 heavy (non-hydrogen) atoms. The molecule has 0 spiro atoms. The Kier molecular flexibility index (Phi) is 7.35. The fourth-order valence-electron chi connectivity index (χ4n) is 3.74. The van der Waals surface area contributed by atoms with Gasteiger partial charge in [0.1, 0.15) is 0 Å². The predicted molar refractivity (Wildman–Crippen MR) is 132 cm³/mol. The van der Waals surface area contributed by atoms with Crippen molar-refractivity contribution in [2.24, 2.45) is 0 Å². The molecule has 0 saturated carbocycles. The minimum Gasteiger partial charge on any atom is -0.379 e. The minimum absolute atomic E-state index is 0.0269. The quantitative estimate of drug-likeness (QED) is 0.407. The summed E-state index contributed by atoms with van der Waals surface area (Å²) < 4.78 is 7.55. The lowest BCUT2D eigenvalue weighted by Gasteiger charge is -2.27. The van der Waals surface area contributed by atoms with Gasteiger partial charge in [0.2, 0.25) is 0 Å². The normalized spacial score (nSPS) is 14.9. The van der Waals surface area contributed by atoms with Crippen LogP contribution in [0.4, 0.5) is 5.13 Å². The minimum atomic E-state index is 0.0269. The summed E-state index contributed by atoms with van der Waals surface area (Å²) in [5.41, 5.74) is 2.98. The number of anilines is 1. The lowest BCUT2D eigenvalue weighted by molar-refractivity contribution is 0.0376. The third kappa shape index (κ3) is 4.85. The van der Waals surface area contributed by atoms with Crippen molar-refractivity contribution in [3.8, 4) is 0 Å². The van der Waals surface area contributed by atoms with E-state index >= 15 is 0 Å². The molecule has 1 aliphatic rings. The van der Waals surface area contributed by atoms with Crippen LogP contribution in [0.2, 0.25) is 0 Å². The number of para-hydroxylation sites is 1. The number of aryl methyl sites for hydroxylation is 1. The molecule has 0 radical (unpaired) electrons. The number of hydrogen-bond acceptors (Lipinski definition) is 5. The molecule has 1 aliphatic heterocycles. The number of fused-ring (bicyclic) bond motifs is 1. The topological polar surface area (TPSA) is 45.7 Å². The largest absolute Gasteiger partial charge is 0.379 e. The second-order valence-corrected chi connectivity index (χ2v) is 9.53. The van der Waals surface area contributed by atoms with Crippen LogP contribution in [0, 0.1) is 3.57 Å². The van der Waals surface area contributed by atoms with E-state index in [0.717, 1.165) is 70.2 Å². The molecule has 7 heteroatoms. The van der Waals surface area contributed by atoms with Crippen LogP contribution in [0.5, 0.6) is 0 Å². The lowest BCUT2D eigenvalue weighted by atomic mass is 10.1. The highest BCUT2D eigenvalue weighted by atomic mass is 127.